The topological polar surface area (TPSA) is 125 Å². The fourth-order valence-corrected chi connectivity index (χ4v) is 1.17. The second-order valence-corrected chi connectivity index (χ2v) is 3.62. The van der Waals surface area contributed by atoms with E-state index in [1.807, 2.05) is 0 Å². The molecule has 0 spiro atoms. The zero-order chi connectivity index (χ0) is 13.9. The van der Waals surface area contributed by atoms with E-state index in [-0.39, 0.29) is 6.61 Å². The highest BCUT2D eigenvalue weighted by molar-refractivity contribution is 5.74. The summed E-state index contributed by atoms with van der Waals surface area (Å²) < 4.78 is 15.2. The normalized spacial score (nSPS) is 10.6. The quantitative estimate of drug-likeness (QED) is 0.426. The summed E-state index contributed by atoms with van der Waals surface area (Å²) in [6, 6.07) is 0.311. The van der Waals surface area contributed by atoms with Gasteiger partial charge in [0.1, 0.15) is 6.61 Å². The lowest BCUT2D eigenvalue weighted by atomic mass is 10.6. The molecular weight excluding hydrogens is 254 g/mol. The number of ether oxygens (including phenoxy) is 2. The van der Waals surface area contributed by atoms with Crippen molar-refractivity contribution in [3.8, 4) is 0 Å². The summed E-state index contributed by atoms with van der Waals surface area (Å²) in [6.45, 7) is 2.49. The van der Waals surface area contributed by atoms with Crippen molar-refractivity contribution < 1.29 is 18.7 Å². The molecule has 1 aromatic heterocycles. The maximum absolute atomic E-state index is 10.4. The number of anilines is 1. The SMILES string of the molecule is COCCNCc1nnc(NCCOCC(N)=O)o1. The molecule has 1 amide bonds. The first-order chi connectivity index (χ1) is 9.22. The molecule has 1 rings (SSSR count). The Hall–Kier alpha value is -1.71. The molecule has 0 bridgehead atoms. The Morgan fingerprint density at radius 3 is 2.95 bits per heavy atom. The van der Waals surface area contributed by atoms with E-state index in [9.17, 15) is 4.79 Å². The molecule has 0 unspecified atom stereocenters. The fourth-order valence-electron chi connectivity index (χ4n) is 1.17. The number of nitrogens with zero attached hydrogens (tertiary/aromatic N) is 2. The van der Waals surface area contributed by atoms with Gasteiger partial charge in [-0.05, 0) is 0 Å². The summed E-state index contributed by atoms with van der Waals surface area (Å²) in [5.74, 6) is -0.0149. The third kappa shape index (κ3) is 7.34. The summed E-state index contributed by atoms with van der Waals surface area (Å²) in [7, 11) is 1.64. The Kier molecular flexibility index (Phi) is 7.47. The number of rotatable bonds is 11. The molecule has 9 nitrogen and oxygen atoms in total. The van der Waals surface area contributed by atoms with Crippen LogP contribution in [0.15, 0.2) is 4.42 Å². The lowest BCUT2D eigenvalue weighted by Gasteiger charge is -2.01. The van der Waals surface area contributed by atoms with Gasteiger partial charge in [0, 0.05) is 20.2 Å². The van der Waals surface area contributed by atoms with Gasteiger partial charge < -0.3 is 30.3 Å². The van der Waals surface area contributed by atoms with Crippen LogP contribution in [0.2, 0.25) is 0 Å². The summed E-state index contributed by atoms with van der Waals surface area (Å²) in [6.07, 6.45) is 0. The zero-order valence-corrected chi connectivity index (χ0v) is 10.8. The van der Waals surface area contributed by atoms with Gasteiger partial charge in [0.25, 0.3) is 0 Å². The van der Waals surface area contributed by atoms with Crippen molar-refractivity contribution >= 4 is 11.9 Å². The standard InChI is InChI=1S/C10H19N5O4/c1-17-4-2-12-6-9-14-15-10(19-9)13-3-5-18-7-8(11)16/h12H,2-7H2,1H3,(H2,11,16)(H,13,15). The molecule has 0 radical (unpaired) electrons. The molecule has 4 N–H and O–H groups in total. The predicted octanol–water partition coefficient (Wildman–Crippen LogP) is -1.28. The maximum Gasteiger partial charge on any atom is 0.315 e. The summed E-state index contributed by atoms with van der Waals surface area (Å²) in [5, 5.41) is 13.6. The van der Waals surface area contributed by atoms with Crippen LogP contribution in [0.5, 0.6) is 0 Å². The highest BCUT2D eigenvalue weighted by atomic mass is 16.5. The molecule has 9 heteroatoms. The van der Waals surface area contributed by atoms with Crippen LogP contribution in [0.1, 0.15) is 5.89 Å². The summed E-state index contributed by atoms with van der Waals surface area (Å²) in [4.78, 5) is 10.4. The first-order valence-corrected chi connectivity index (χ1v) is 5.84. The molecule has 0 saturated carbocycles. The Morgan fingerprint density at radius 1 is 1.37 bits per heavy atom. The largest absolute Gasteiger partial charge is 0.407 e. The first kappa shape index (κ1) is 15.3. The average Bonchev–Trinajstić information content (AvgIpc) is 2.82. The molecule has 0 atom stereocenters. The van der Waals surface area contributed by atoms with Crippen LogP contribution in [0.25, 0.3) is 0 Å². The Balaban J connectivity index is 2.11. The maximum atomic E-state index is 10.4. The minimum atomic E-state index is -0.498. The number of hydrogen-bond acceptors (Lipinski definition) is 8. The second-order valence-electron chi connectivity index (χ2n) is 3.62. The van der Waals surface area contributed by atoms with Gasteiger partial charge in [-0.25, -0.2) is 0 Å². The predicted molar refractivity (Wildman–Crippen MR) is 66.4 cm³/mol. The molecule has 19 heavy (non-hydrogen) atoms. The molecule has 108 valence electrons. The van der Waals surface area contributed by atoms with E-state index in [1.54, 1.807) is 7.11 Å². The smallest absolute Gasteiger partial charge is 0.315 e. The Labute approximate surface area is 110 Å². The molecule has 0 aliphatic heterocycles. The van der Waals surface area contributed by atoms with Crippen LogP contribution in [-0.2, 0) is 20.8 Å². The number of carbonyl (C=O) groups excluding carboxylic acids is 1. The molecular formula is C10H19N5O4. The number of aromatic nitrogens is 2. The molecule has 1 aromatic rings. The number of nitrogens with two attached hydrogens (primary N) is 1. The van der Waals surface area contributed by atoms with Crippen LogP contribution in [0.3, 0.4) is 0 Å². The Morgan fingerprint density at radius 2 is 2.21 bits per heavy atom. The van der Waals surface area contributed by atoms with Crippen molar-refractivity contribution in [1.29, 1.82) is 0 Å². The number of hydrogen-bond donors (Lipinski definition) is 3. The fraction of sp³-hybridized carbons (Fsp3) is 0.700. The molecule has 1 heterocycles. The lowest BCUT2D eigenvalue weighted by molar-refractivity contribution is -0.122. The van der Waals surface area contributed by atoms with Crippen LogP contribution in [0.4, 0.5) is 6.01 Å². The molecule has 0 fully saturated rings. The Bertz CT molecular complexity index is 371. The number of carbonyl (C=O) groups is 1. The number of methoxy groups -OCH3 is 1. The van der Waals surface area contributed by atoms with Gasteiger partial charge in [-0.3, -0.25) is 4.79 Å². The van der Waals surface area contributed by atoms with E-state index in [1.165, 1.54) is 0 Å². The van der Waals surface area contributed by atoms with Crippen molar-refractivity contribution in [1.82, 2.24) is 15.5 Å². The molecule has 0 aromatic carbocycles. The van der Waals surface area contributed by atoms with Gasteiger partial charge in [0.15, 0.2) is 0 Å². The van der Waals surface area contributed by atoms with E-state index in [0.29, 0.717) is 44.8 Å². The van der Waals surface area contributed by atoms with Gasteiger partial charge in [-0.1, -0.05) is 5.10 Å². The third-order valence-electron chi connectivity index (χ3n) is 1.99. The lowest BCUT2D eigenvalue weighted by Crippen LogP contribution is -2.20. The number of amides is 1. The van der Waals surface area contributed by atoms with Gasteiger partial charge in [-0.15, -0.1) is 5.10 Å². The number of nitrogens with one attached hydrogen (secondary N) is 2. The van der Waals surface area contributed by atoms with Gasteiger partial charge in [0.05, 0.1) is 19.8 Å². The van der Waals surface area contributed by atoms with Crippen molar-refractivity contribution in [2.24, 2.45) is 5.73 Å². The van der Waals surface area contributed by atoms with Crippen LogP contribution < -0.4 is 16.4 Å². The van der Waals surface area contributed by atoms with Crippen molar-refractivity contribution in [3.63, 3.8) is 0 Å². The minimum absolute atomic E-state index is 0.0970. The first-order valence-electron chi connectivity index (χ1n) is 5.84. The molecule has 0 saturated heterocycles. The van der Waals surface area contributed by atoms with Crippen LogP contribution in [0, 0.1) is 0 Å². The van der Waals surface area contributed by atoms with Crippen LogP contribution >= 0.6 is 0 Å². The van der Waals surface area contributed by atoms with Crippen molar-refractivity contribution in [2.45, 2.75) is 6.54 Å². The highest BCUT2D eigenvalue weighted by Gasteiger charge is 2.04. The van der Waals surface area contributed by atoms with Crippen molar-refractivity contribution in [2.75, 3.05) is 45.3 Å². The summed E-state index contributed by atoms with van der Waals surface area (Å²) >= 11 is 0. The highest BCUT2D eigenvalue weighted by Crippen LogP contribution is 2.04. The minimum Gasteiger partial charge on any atom is -0.407 e. The van der Waals surface area contributed by atoms with E-state index >= 15 is 0 Å². The number of primary amides is 1. The van der Waals surface area contributed by atoms with Crippen molar-refractivity contribution in [3.05, 3.63) is 5.89 Å². The van der Waals surface area contributed by atoms with E-state index in [2.05, 4.69) is 20.8 Å². The van der Waals surface area contributed by atoms with E-state index in [4.69, 9.17) is 19.6 Å². The average molecular weight is 273 g/mol. The summed E-state index contributed by atoms with van der Waals surface area (Å²) in [5.41, 5.74) is 4.92. The van der Waals surface area contributed by atoms with Gasteiger partial charge in [0.2, 0.25) is 11.8 Å². The van der Waals surface area contributed by atoms with Crippen LogP contribution in [-0.4, -0.2) is 56.1 Å². The second kappa shape index (κ2) is 9.25. The van der Waals surface area contributed by atoms with E-state index in [0.717, 1.165) is 0 Å². The van der Waals surface area contributed by atoms with E-state index < -0.39 is 5.91 Å². The zero-order valence-electron chi connectivity index (χ0n) is 10.8. The third-order valence-corrected chi connectivity index (χ3v) is 1.99. The molecule has 0 aliphatic rings. The van der Waals surface area contributed by atoms with Gasteiger partial charge in [-0.2, -0.15) is 0 Å². The molecule has 0 aliphatic carbocycles. The van der Waals surface area contributed by atoms with Gasteiger partial charge >= 0.3 is 6.01 Å². The monoisotopic (exact) mass is 273 g/mol.